The third kappa shape index (κ3) is 2.32. The first kappa shape index (κ1) is 10.7. The number of primary amides is 1. The lowest BCUT2D eigenvalue weighted by Crippen LogP contribution is -2.27. The average Bonchev–Trinajstić information content (AvgIpc) is 2.02. The number of hydrogen-bond donors (Lipinski definition) is 1. The van der Waals surface area contributed by atoms with Gasteiger partial charge in [0.15, 0.2) is 15.1 Å². The van der Waals surface area contributed by atoms with Crippen LogP contribution in [0.4, 0.5) is 0 Å². The highest BCUT2D eigenvalue weighted by Gasteiger charge is 2.28. The Morgan fingerprint density at radius 1 is 1.29 bits per heavy atom. The highest BCUT2D eigenvalue weighted by molar-refractivity contribution is 7.91. The van der Waals surface area contributed by atoms with Crippen molar-refractivity contribution in [3.8, 4) is 0 Å². The molecule has 14 heavy (non-hydrogen) atoms. The molecular weight excluding hydrogens is 202 g/mol. The van der Waals surface area contributed by atoms with Gasteiger partial charge >= 0.3 is 0 Å². The Kier molecular flexibility index (Phi) is 2.90. The van der Waals surface area contributed by atoms with Crippen LogP contribution < -0.4 is 5.73 Å². The predicted molar refractivity (Wildman–Crippen MR) is 53.2 cm³/mol. The number of carbonyl (C=O) groups is 1. The minimum atomic E-state index is -3.49. The van der Waals surface area contributed by atoms with E-state index >= 15 is 0 Å². The molecule has 4 nitrogen and oxygen atoms in total. The quantitative estimate of drug-likeness (QED) is 0.782. The smallest absolute Gasteiger partial charge is 0.240 e. The number of hydrogen-bond acceptors (Lipinski definition) is 3. The summed E-state index contributed by atoms with van der Waals surface area (Å²) in [6.45, 7) is 0. The molecular formula is C9H11NO3S. The van der Waals surface area contributed by atoms with Gasteiger partial charge in [0.1, 0.15) is 0 Å². The number of amides is 1. The fourth-order valence-corrected chi connectivity index (χ4v) is 2.32. The van der Waals surface area contributed by atoms with Gasteiger partial charge in [-0.2, -0.15) is 0 Å². The number of carbonyl (C=O) groups excluding carboxylic acids is 1. The van der Waals surface area contributed by atoms with Gasteiger partial charge in [0.05, 0.1) is 0 Å². The molecule has 0 heterocycles. The van der Waals surface area contributed by atoms with E-state index in [9.17, 15) is 13.2 Å². The summed E-state index contributed by atoms with van der Waals surface area (Å²) < 4.78 is 22.5. The summed E-state index contributed by atoms with van der Waals surface area (Å²) in [4.78, 5) is 11.0. The van der Waals surface area contributed by atoms with E-state index in [2.05, 4.69) is 0 Å². The van der Waals surface area contributed by atoms with Crippen molar-refractivity contribution in [1.29, 1.82) is 0 Å². The zero-order chi connectivity index (χ0) is 10.8. The van der Waals surface area contributed by atoms with E-state index in [1.807, 2.05) is 0 Å². The summed E-state index contributed by atoms with van der Waals surface area (Å²) in [5.74, 6) is -0.848. The topological polar surface area (TPSA) is 77.2 Å². The molecule has 0 bridgehead atoms. The molecule has 0 saturated carbocycles. The predicted octanol–water partition coefficient (Wildman–Crippen LogP) is 0.258. The molecule has 1 unspecified atom stereocenters. The highest BCUT2D eigenvalue weighted by Crippen LogP contribution is 2.20. The molecule has 1 aromatic rings. The van der Waals surface area contributed by atoms with Crippen LogP contribution in [0.25, 0.3) is 0 Å². The van der Waals surface area contributed by atoms with Crippen LogP contribution in [0.15, 0.2) is 30.3 Å². The molecule has 0 aromatic heterocycles. The van der Waals surface area contributed by atoms with E-state index in [0.29, 0.717) is 5.56 Å². The monoisotopic (exact) mass is 213 g/mol. The fraction of sp³-hybridized carbons (Fsp3) is 0.222. The van der Waals surface area contributed by atoms with Crippen LogP contribution in [0.5, 0.6) is 0 Å². The van der Waals surface area contributed by atoms with Gasteiger partial charge in [-0.05, 0) is 5.56 Å². The van der Waals surface area contributed by atoms with E-state index in [1.54, 1.807) is 30.3 Å². The van der Waals surface area contributed by atoms with Crippen LogP contribution >= 0.6 is 0 Å². The first-order chi connectivity index (χ1) is 6.43. The second kappa shape index (κ2) is 3.79. The van der Waals surface area contributed by atoms with E-state index < -0.39 is 21.0 Å². The minimum absolute atomic E-state index is 0.405. The zero-order valence-corrected chi connectivity index (χ0v) is 8.49. The van der Waals surface area contributed by atoms with E-state index in [1.165, 1.54) is 0 Å². The number of sulfone groups is 1. The van der Waals surface area contributed by atoms with Crippen LogP contribution in [0.1, 0.15) is 10.8 Å². The Morgan fingerprint density at radius 3 is 2.14 bits per heavy atom. The van der Waals surface area contributed by atoms with Crippen LogP contribution in [0.3, 0.4) is 0 Å². The standard InChI is InChI=1S/C9H11NO3S/c1-14(12,13)8(9(10)11)7-5-3-2-4-6-7/h2-6,8H,1H3,(H2,10,11). The molecule has 0 saturated heterocycles. The molecule has 0 spiro atoms. The van der Waals surface area contributed by atoms with E-state index in [0.717, 1.165) is 6.26 Å². The molecule has 5 heteroatoms. The fourth-order valence-electron chi connectivity index (χ4n) is 1.25. The van der Waals surface area contributed by atoms with Gasteiger partial charge in [0.25, 0.3) is 0 Å². The zero-order valence-electron chi connectivity index (χ0n) is 7.67. The Labute approximate surface area is 82.7 Å². The Balaban J connectivity index is 3.22. The molecule has 0 aliphatic carbocycles. The van der Waals surface area contributed by atoms with Gasteiger partial charge in [-0.15, -0.1) is 0 Å². The van der Waals surface area contributed by atoms with Gasteiger partial charge in [-0.3, -0.25) is 4.79 Å². The summed E-state index contributed by atoms with van der Waals surface area (Å²) in [5, 5.41) is -1.25. The van der Waals surface area contributed by atoms with Gasteiger partial charge in [-0.25, -0.2) is 8.42 Å². The third-order valence-corrected chi connectivity index (χ3v) is 3.15. The Morgan fingerprint density at radius 2 is 1.79 bits per heavy atom. The molecule has 1 aromatic carbocycles. The Hall–Kier alpha value is -1.36. The minimum Gasteiger partial charge on any atom is -0.368 e. The van der Waals surface area contributed by atoms with Gasteiger partial charge in [0, 0.05) is 6.26 Å². The van der Waals surface area contributed by atoms with Crippen LogP contribution in [0, 0.1) is 0 Å². The maximum Gasteiger partial charge on any atom is 0.240 e. The first-order valence-electron chi connectivity index (χ1n) is 3.96. The lowest BCUT2D eigenvalue weighted by Gasteiger charge is -2.10. The van der Waals surface area contributed by atoms with Crippen LogP contribution in [0.2, 0.25) is 0 Å². The van der Waals surface area contributed by atoms with Crippen molar-refractivity contribution in [3.05, 3.63) is 35.9 Å². The van der Waals surface area contributed by atoms with Crippen LogP contribution in [-0.2, 0) is 14.6 Å². The maximum absolute atomic E-state index is 11.3. The van der Waals surface area contributed by atoms with E-state index in [-0.39, 0.29) is 0 Å². The molecule has 1 atom stereocenters. The normalized spacial score (nSPS) is 13.5. The molecule has 2 N–H and O–H groups in total. The van der Waals surface area contributed by atoms with Crippen molar-refractivity contribution < 1.29 is 13.2 Å². The third-order valence-electron chi connectivity index (χ3n) is 1.79. The largest absolute Gasteiger partial charge is 0.368 e. The van der Waals surface area contributed by atoms with Crippen molar-refractivity contribution in [3.63, 3.8) is 0 Å². The molecule has 1 rings (SSSR count). The number of rotatable bonds is 3. The average molecular weight is 213 g/mol. The number of benzene rings is 1. The van der Waals surface area contributed by atoms with Gasteiger partial charge in [-0.1, -0.05) is 30.3 Å². The molecule has 1 amide bonds. The summed E-state index contributed by atoms with van der Waals surface area (Å²) in [7, 11) is -3.49. The first-order valence-corrected chi connectivity index (χ1v) is 5.91. The SMILES string of the molecule is CS(=O)(=O)C(C(N)=O)c1ccccc1. The van der Waals surface area contributed by atoms with Crippen molar-refractivity contribution >= 4 is 15.7 Å². The molecule has 0 aliphatic rings. The van der Waals surface area contributed by atoms with Crippen molar-refractivity contribution in [1.82, 2.24) is 0 Å². The summed E-state index contributed by atoms with van der Waals surface area (Å²) in [5.41, 5.74) is 5.44. The lowest BCUT2D eigenvalue weighted by atomic mass is 10.1. The second-order valence-electron chi connectivity index (χ2n) is 3.02. The molecule has 0 fully saturated rings. The lowest BCUT2D eigenvalue weighted by molar-refractivity contribution is -0.117. The number of nitrogens with two attached hydrogens (primary N) is 1. The van der Waals surface area contributed by atoms with Crippen LogP contribution in [-0.4, -0.2) is 20.6 Å². The van der Waals surface area contributed by atoms with Crippen molar-refractivity contribution in [2.75, 3.05) is 6.26 Å². The van der Waals surface area contributed by atoms with Gasteiger partial charge < -0.3 is 5.73 Å². The van der Waals surface area contributed by atoms with Crippen molar-refractivity contribution in [2.24, 2.45) is 5.73 Å². The van der Waals surface area contributed by atoms with Crippen molar-refractivity contribution in [2.45, 2.75) is 5.25 Å². The van der Waals surface area contributed by atoms with Gasteiger partial charge in [0.2, 0.25) is 5.91 Å². The van der Waals surface area contributed by atoms with E-state index in [4.69, 9.17) is 5.73 Å². The summed E-state index contributed by atoms with van der Waals surface area (Å²) in [6.07, 6.45) is 0.995. The Bertz CT molecular complexity index is 425. The highest BCUT2D eigenvalue weighted by atomic mass is 32.2. The molecule has 0 radical (unpaired) electrons. The second-order valence-corrected chi connectivity index (χ2v) is 5.15. The summed E-state index contributed by atoms with van der Waals surface area (Å²) in [6, 6.07) is 8.20. The maximum atomic E-state index is 11.3. The summed E-state index contributed by atoms with van der Waals surface area (Å²) >= 11 is 0. The molecule has 76 valence electrons. The molecule has 0 aliphatic heterocycles.